The highest BCUT2D eigenvalue weighted by molar-refractivity contribution is 6.31. The van der Waals surface area contributed by atoms with E-state index in [4.69, 9.17) is 17.3 Å². The summed E-state index contributed by atoms with van der Waals surface area (Å²) in [7, 11) is 0. The Morgan fingerprint density at radius 2 is 1.65 bits per heavy atom. The van der Waals surface area contributed by atoms with Gasteiger partial charge in [-0.15, -0.1) is 12.4 Å². The number of nitrogens with two attached hydrogens (primary N) is 1. The number of rotatable bonds is 6. The molecule has 26 heavy (non-hydrogen) atoms. The Hall–Kier alpha value is -0.500. The van der Waals surface area contributed by atoms with Crippen molar-refractivity contribution in [3.63, 3.8) is 0 Å². The number of halogens is 2. The first-order valence-corrected chi connectivity index (χ1v) is 10.8. The summed E-state index contributed by atoms with van der Waals surface area (Å²) < 4.78 is 0. The maximum absolute atomic E-state index is 6.60. The average Bonchev–Trinajstić information content (AvgIpc) is 2.67. The highest BCUT2D eigenvalue weighted by Gasteiger charge is 2.21. The first-order chi connectivity index (χ1) is 12.3. The second kappa shape index (κ2) is 11.4. The molecular formula is C23H35Cl2N. The molecular weight excluding hydrogens is 361 g/mol. The molecule has 146 valence electrons. The summed E-state index contributed by atoms with van der Waals surface area (Å²) in [5.74, 6) is 2.15. The van der Waals surface area contributed by atoms with E-state index in [-0.39, 0.29) is 12.4 Å². The second-order valence-electron chi connectivity index (χ2n) is 8.15. The number of allylic oxidation sites excluding steroid dienone is 1. The molecule has 0 amide bonds. The zero-order valence-corrected chi connectivity index (χ0v) is 17.5. The lowest BCUT2D eigenvalue weighted by atomic mass is 9.78. The van der Waals surface area contributed by atoms with Crippen molar-refractivity contribution < 1.29 is 0 Å². The van der Waals surface area contributed by atoms with Crippen LogP contribution in [0.4, 0.5) is 0 Å². The van der Waals surface area contributed by atoms with Crippen LogP contribution in [0, 0.1) is 11.8 Å². The van der Waals surface area contributed by atoms with Crippen LogP contribution in [0.5, 0.6) is 0 Å². The number of benzene rings is 1. The Balaban J connectivity index is 0.00000243. The third-order valence-electron chi connectivity index (χ3n) is 6.44. The largest absolute Gasteiger partial charge is 0.330 e. The summed E-state index contributed by atoms with van der Waals surface area (Å²) in [6, 6.07) is 6.66. The second-order valence-corrected chi connectivity index (χ2v) is 8.56. The maximum Gasteiger partial charge on any atom is 0.0446 e. The smallest absolute Gasteiger partial charge is 0.0446 e. The van der Waals surface area contributed by atoms with Gasteiger partial charge in [0, 0.05) is 5.02 Å². The van der Waals surface area contributed by atoms with Crippen LogP contribution in [0.15, 0.2) is 24.3 Å². The number of hydrogen-bond donors (Lipinski definition) is 1. The molecule has 0 heterocycles. The first kappa shape index (κ1) is 21.8. The Morgan fingerprint density at radius 3 is 2.27 bits per heavy atom. The number of hydrogen-bond acceptors (Lipinski definition) is 1. The van der Waals surface area contributed by atoms with Gasteiger partial charge in [0.2, 0.25) is 0 Å². The van der Waals surface area contributed by atoms with E-state index in [1.807, 2.05) is 0 Å². The van der Waals surface area contributed by atoms with Crippen LogP contribution in [0.2, 0.25) is 5.02 Å². The molecule has 0 spiro atoms. The first-order valence-electron chi connectivity index (χ1n) is 10.4. The van der Waals surface area contributed by atoms with Gasteiger partial charge in [-0.3, -0.25) is 0 Å². The molecule has 2 fully saturated rings. The highest BCUT2D eigenvalue weighted by atomic mass is 35.5. The minimum atomic E-state index is 0. The SMILES string of the molecule is Cl.NCC(C/C=C\c1ccc(C2CCCCC2)c(Cl)c1)C1CCCCC1. The summed E-state index contributed by atoms with van der Waals surface area (Å²) in [5.41, 5.74) is 8.64. The van der Waals surface area contributed by atoms with Crippen molar-refractivity contribution in [1.82, 2.24) is 0 Å². The van der Waals surface area contributed by atoms with Crippen molar-refractivity contribution in [2.75, 3.05) is 6.54 Å². The van der Waals surface area contributed by atoms with Crippen molar-refractivity contribution in [3.8, 4) is 0 Å². The molecule has 0 aliphatic heterocycles. The Morgan fingerprint density at radius 1 is 1.00 bits per heavy atom. The normalized spacial score (nSPS) is 20.8. The molecule has 3 heteroatoms. The van der Waals surface area contributed by atoms with Gasteiger partial charge in [-0.25, -0.2) is 0 Å². The summed E-state index contributed by atoms with van der Waals surface area (Å²) in [6.45, 7) is 0.816. The zero-order chi connectivity index (χ0) is 17.5. The van der Waals surface area contributed by atoms with E-state index in [2.05, 4.69) is 30.4 Å². The van der Waals surface area contributed by atoms with Crippen LogP contribution in [-0.4, -0.2) is 6.54 Å². The molecule has 2 N–H and O–H groups in total. The minimum absolute atomic E-state index is 0. The lowest BCUT2D eigenvalue weighted by Gasteiger charge is -2.28. The fourth-order valence-corrected chi connectivity index (χ4v) is 5.20. The van der Waals surface area contributed by atoms with Gasteiger partial charge in [0.1, 0.15) is 0 Å². The van der Waals surface area contributed by atoms with Gasteiger partial charge in [-0.2, -0.15) is 0 Å². The Bertz CT molecular complexity index is 557. The molecule has 1 aromatic rings. The molecule has 2 aliphatic carbocycles. The van der Waals surface area contributed by atoms with Gasteiger partial charge >= 0.3 is 0 Å². The van der Waals surface area contributed by atoms with Crippen molar-refractivity contribution in [1.29, 1.82) is 0 Å². The highest BCUT2D eigenvalue weighted by Crippen LogP contribution is 2.37. The minimum Gasteiger partial charge on any atom is -0.330 e. The van der Waals surface area contributed by atoms with E-state index in [0.29, 0.717) is 11.8 Å². The predicted molar refractivity (Wildman–Crippen MR) is 117 cm³/mol. The van der Waals surface area contributed by atoms with Crippen LogP contribution in [0.3, 0.4) is 0 Å². The standard InChI is InChI=1S/C23H34ClN.ClH/c24-23-16-18(14-15-22(23)20-11-5-2-6-12-20)8-7-13-21(17-25)19-9-3-1-4-10-19;/h7-8,14-16,19-21H,1-6,9-13,17,25H2;1H/b8-7-;. The molecule has 1 aromatic carbocycles. The molecule has 1 nitrogen and oxygen atoms in total. The van der Waals surface area contributed by atoms with E-state index < -0.39 is 0 Å². The molecule has 0 radical (unpaired) electrons. The third kappa shape index (κ3) is 6.01. The van der Waals surface area contributed by atoms with E-state index in [1.165, 1.54) is 75.3 Å². The summed E-state index contributed by atoms with van der Waals surface area (Å²) in [6.07, 6.45) is 19.3. The molecule has 0 bridgehead atoms. The van der Waals surface area contributed by atoms with Gasteiger partial charge in [0.15, 0.2) is 0 Å². The maximum atomic E-state index is 6.60. The van der Waals surface area contributed by atoms with Gasteiger partial charge < -0.3 is 5.73 Å². The Kier molecular flexibility index (Phi) is 9.53. The monoisotopic (exact) mass is 395 g/mol. The summed E-state index contributed by atoms with van der Waals surface area (Å²) >= 11 is 6.60. The molecule has 0 aromatic heterocycles. The quantitative estimate of drug-likeness (QED) is 0.534. The van der Waals surface area contributed by atoms with Gasteiger partial charge in [0.25, 0.3) is 0 Å². The van der Waals surface area contributed by atoms with E-state index in [9.17, 15) is 0 Å². The van der Waals surface area contributed by atoms with Crippen LogP contribution < -0.4 is 5.73 Å². The third-order valence-corrected chi connectivity index (χ3v) is 6.77. The van der Waals surface area contributed by atoms with Gasteiger partial charge in [-0.05, 0) is 60.8 Å². The van der Waals surface area contributed by atoms with Crippen LogP contribution >= 0.6 is 24.0 Å². The van der Waals surface area contributed by atoms with Crippen LogP contribution in [0.1, 0.15) is 87.7 Å². The van der Waals surface area contributed by atoms with Crippen molar-refractivity contribution in [3.05, 3.63) is 40.4 Å². The average molecular weight is 396 g/mol. The van der Waals surface area contributed by atoms with E-state index in [1.54, 1.807) is 0 Å². The van der Waals surface area contributed by atoms with Crippen LogP contribution in [-0.2, 0) is 0 Å². The molecule has 1 unspecified atom stereocenters. The molecule has 1 atom stereocenters. The van der Waals surface area contributed by atoms with Gasteiger partial charge in [-0.1, -0.05) is 87.3 Å². The van der Waals surface area contributed by atoms with Crippen molar-refractivity contribution in [2.24, 2.45) is 17.6 Å². The molecule has 3 rings (SSSR count). The van der Waals surface area contributed by atoms with E-state index >= 15 is 0 Å². The summed E-state index contributed by atoms with van der Waals surface area (Å²) in [5, 5.41) is 0.955. The molecule has 2 saturated carbocycles. The van der Waals surface area contributed by atoms with E-state index in [0.717, 1.165) is 23.9 Å². The molecule has 2 aliphatic rings. The topological polar surface area (TPSA) is 26.0 Å². The Labute approximate surface area is 171 Å². The van der Waals surface area contributed by atoms with Crippen molar-refractivity contribution >= 4 is 30.1 Å². The lowest BCUT2D eigenvalue weighted by molar-refractivity contribution is 0.254. The zero-order valence-electron chi connectivity index (χ0n) is 16.0. The molecule has 0 saturated heterocycles. The summed E-state index contributed by atoms with van der Waals surface area (Å²) in [4.78, 5) is 0. The fraction of sp³-hybridized carbons (Fsp3) is 0.652. The fourth-order valence-electron chi connectivity index (χ4n) is 4.86. The lowest BCUT2D eigenvalue weighted by Crippen LogP contribution is -2.24. The predicted octanol–water partition coefficient (Wildman–Crippen LogP) is 7.37. The van der Waals surface area contributed by atoms with Crippen molar-refractivity contribution in [2.45, 2.75) is 76.5 Å². The van der Waals surface area contributed by atoms with Gasteiger partial charge in [0.05, 0.1) is 0 Å². The van der Waals surface area contributed by atoms with Crippen LogP contribution in [0.25, 0.3) is 6.08 Å².